The Bertz CT molecular complexity index is 426. The Kier molecular flexibility index (Phi) is 3.61. The van der Waals surface area contributed by atoms with Crippen molar-refractivity contribution in [2.75, 3.05) is 6.54 Å². The van der Waals surface area contributed by atoms with Gasteiger partial charge in [-0.15, -0.1) is 0 Å². The summed E-state index contributed by atoms with van der Waals surface area (Å²) in [6.07, 6.45) is 1.35. The minimum Gasteiger partial charge on any atom is -0.480 e. The number of unbranched alkanes of at least 4 members (excludes halogenated alkanes) is 1. The summed E-state index contributed by atoms with van der Waals surface area (Å²) in [5.41, 5.74) is 1.07. The molecule has 1 aliphatic heterocycles. The maximum Gasteiger partial charge on any atom is 0.261 e. The highest BCUT2D eigenvalue weighted by Crippen LogP contribution is 2.27. The fraction of sp³-hybridized carbons (Fsp3) is 0.385. The van der Waals surface area contributed by atoms with E-state index in [2.05, 4.69) is 5.32 Å². The van der Waals surface area contributed by atoms with E-state index in [1.165, 1.54) is 0 Å². The SMILES string of the molecule is N#CCCCNC(=O)C1Cc2ccccc2O1. The second-order valence-electron chi connectivity index (χ2n) is 3.97. The molecular formula is C13H14N2O2. The smallest absolute Gasteiger partial charge is 0.261 e. The number of rotatable bonds is 4. The molecule has 0 saturated carbocycles. The lowest BCUT2D eigenvalue weighted by molar-refractivity contribution is -0.127. The Balaban J connectivity index is 1.82. The Morgan fingerprint density at radius 2 is 2.35 bits per heavy atom. The lowest BCUT2D eigenvalue weighted by Gasteiger charge is -2.10. The molecule has 2 rings (SSSR count). The second-order valence-corrected chi connectivity index (χ2v) is 3.97. The summed E-state index contributed by atoms with van der Waals surface area (Å²) in [6.45, 7) is 0.530. The number of amides is 1. The van der Waals surface area contributed by atoms with Crippen LogP contribution in [0.15, 0.2) is 24.3 Å². The molecule has 1 heterocycles. The van der Waals surface area contributed by atoms with E-state index < -0.39 is 6.10 Å². The number of nitrogens with one attached hydrogen (secondary N) is 1. The lowest BCUT2D eigenvalue weighted by Crippen LogP contribution is -2.37. The van der Waals surface area contributed by atoms with Crippen LogP contribution in [0, 0.1) is 11.3 Å². The summed E-state index contributed by atoms with van der Waals surface area (Å²) in [7, 11) is 0. The Hall–Kier alpha value is -2.02. The zero-order valence-electron chi connectivity index (χ0n) is 9.48. The van der Waals surface area contributed by atoms with Crippen molar-refractivity contribution < 1.29 is 9.53 Å². The first-order valence-corrected chi connectivity index (χ1v) is 5.70. The molecule has 0 aromatic heterocycles. The summed E-state index contributed by atoms with van der Waals surface area (Å²) in [6, 6.07) is 9.72. The molecule has 0 radical (unpaired) electrons. The molecule has 1 aliphatic rings. The molecule has 0 bridgehead atoms. The molecule has 1 N–H and O–H groups in total. The van der Waals surface area contributed by atoms with Gasteiger partial charge in [0.2, 0.25) is 0 Å². The van der Waals surface area contributed by atoms with E-state index in [-0.39, 0.29) is 5.91 Å². The highest BCUT2D eigenvalue weighted by atomic mass is 16.5. The van der Waals surface area contributed by atoms with E-state index >= 15 is 0 Å². The number of carbonyl (C=O) groups excluding carboxylic acids is 1. The van der Waals surface area contributed by atoms with Gasteiger partial charge in [0.05, 0.1) is 6.07 Å². The van der Waals surface area contributed by atoms with E-state index in [0.717, 1.165) is 11.3 Å². The summed E-state index contributed by atoms with van der Waals surface area (Å²) >= 11 is 0. The molecule has 1 aromatic rings. The average molecular weight is 230 g/mol. The molecule has 0 spiro atoms. The standard InChI is InChI=1S/C13H14N2O2/c14-7-3-4-8-15-13(16)12-9-10-5-1-2-6-11(10)17-12/h1-2,5-6,12H,3-4,8-9H2,(H,15,16). The second kappa shape index (κ2) is 5.35. The van der Waals surface area contributed by atoms with Gasteiger partial charge in [0.25, 0.3) is 5.91 Å². The first-order valence-electron chi connectivity index (χ1n) is 5.70. The summed E-state index contributed by atoms with van der Waals surface area (Å²) in [4.78, 5) is 11.8. The largest absolute Gasteiger partial charge is 0.480 e. The molecule has 4 nitrogen and oxygen atoms in total. The maximum absolute atomic E-state index is 11.8. The number of carbonyl (C=O) groups is 1. The monoisotopic (exact) mass is 230 g/mol. The number of ether oxygens (including phenoxy) is 1. The van der Waals surface area contributed by atoms with Crippen LogP contribution in [0.25, 0.3) is 0 Å². The number of nitriles is 1. The van der Waals surface area contributed by atoms with Crippen LogP contribution in [0.2, 0.25) is 0 Å². The molecule has 0 saturated heterocycles. The van der Waals surface area contributed by atoms with Gasteiger partial charge in [-0.3, -0.25) is 4.79 Å². The van der Waals surface area contributed by atoms with Crippen molar-refractivity contribution >= 4 is 5.91 Å². The first kappa shape index (κ1) is 11.5. The minimum atomic E-state index is -0.422. The van der Waals surface area contributed by atoms with Crippen LogP contribution in [0.5, 0.6) is 5.75 Å². The third-order valence-corrected chi connectivity index (χ3v) is 2.70. The van der Waals surface area contributed by atoms with Crippen LogP contribution in [0.1, 0.15) is 18.4 Å². The molecule has 1 atom stereocenters. The molecule has 0 aliphatic carbocycles. The molecule has 4 heteroatoms. The van der Waals surface area contributed by atoms with Crippen molar-refractivity contribution in [3.63, 3.8) is 0 Å². The number of nitrogens with zero attached hydrogens (tertiary/aromatic N) is 1. The van der Waals surface area contributed by atoms with E-state index in [4.69, 9.17) is 10.00 Å². The van der Waals surface area contributed by atoms with Gasteiger partial charge in [-0.1, -0.05) is 18.2 Å². The van der Waals surface area contributed by atoms with E-state index in [0.29, 0.717) is 25.8 Å². The van der Waals surface area contributed by atoms with Crippen molar-refractivity contribution in [2.24, 2.45) is 0 Å². The topological polar surface area (TPSA) is 62.1 Å². The van der Waals surface area contributed by atoms with Gasteiger partial charge < -0.3 is 10.1 Å². The summed E-state index contributed by atoms with van der Waals surface area (Å²) in [5, 5.41) is 11.2. The molecule has 1 amide bonds. The van der Waals surface area contributed by atoms with Crippen molar-refractivity contribution in [1.29, 1.82) is 5.26 Å². The van der Waals surface area contributed by atoms with Crippen molar-refractivity contribution in [3.05, 3.63) is 29.8 Å². The van der Waals surface area contributed by atoms with Gasteiger partial charge >= 0.3 is 0 Å². The number of hydrogen-bond acceptors (Lipinski definition) is 3. The van der Waals surface area contributed by atoms with Gasteiger partial charge in [-0.25, -0.2) is 0 Å². The Morgan fingerprint density at radius 1 is 1.53 bits per heavy atom. The van der Waals surface area contributed by atoms with Gasteiger partial charge in [0.15, 0.2) is 6.10 Å². The summed E-state index contributed by atoms with van der Waals surface area (Å²) < 4.78 is 5.55. The molecular weight excluding hydrogens is 216 g/mol. The van der Waals surface area contributed by atoms with Crippen molar-refractivity contribution in [1.82, 2.24) is 5.32 Å². The average Bonchev–Trinajstić information content (AvgIpc) is 2.78. The van der Waals surface area contributed by atoms with Crippen LogP contribution in [-0.4, -0.2) is 18.6 Å². The Morgan fingerprint density at radius 3 is 3.12 bits per heavy atom. The lowest BCUT2D eigenvalue weighted by atomic mass is 10.1. The normalized spacial score (nSPS) is 16.8. The van der Waals surface area contributed by atoms with E-state index in [1.807, 2.05) is 30.3 Å². The number of hydrogen-bond donors (Lipinski definition) is 1. The van der Waals surface area contributed by atoms with Crippen LogP contribution in [0.4, 0.5) is 0 Å². The Labute approximate surface area is 100 Å². The minimum absolute atomic E-state index is 0.0980. The van der Waals surface area contributed by atoms with Crippen molar-refractivity contribution in [3.8, 4) is 11.8 Å². The highest BCUT2D eigenvalue weighted by molar-refractivity contribution is 5.82. The van der Waals surface area contributed by atoms with Gasteiger partial charge in [-0.2, -0.15) is 5.26 Å². The predicted molar refractivity (Wildman–Crippen MR) is 62.4 cm³/mol. The number of benzene rings is 1. The zero-order chi connectivity index (χ0) is 12.1. The number of para-hydroxylation sites is 1. The highest BCUT2D eigenvalue weighted by Gasteiger charge is 2.28. The molecule has 17 heavy (non-hydrogen) atoms. The van der Waals surface area contributed by atoms with Gasteiger partial charge in [0, 0.05) is 19.4 Å². The van der Waals surface area contributed by atoms with Crippen LogP contribution in [0.3, 0.4) is 0 Å². The third kappa shape index (κ3) is 2.76. The fourth-order valence-electron chi connectivity index (χ4n) is 1.82. The van der Waals surface area contributed by atoms with Crippen LogP contribution < -0.4 is 10.1 Å². The molecule has 1 aromatic carbocycles. The summed E-state index contributed by atoms with van der Waals surface area (Å²) in [5.74, 6) is 0.698. The predicted octanol–water partition coefficient (Wildman–Crippen LogP) is 1.41. The molecule has 0 fully saturated rings. The van der Waals surface area contributed by atoms with E-state index in [9.17, 15) is 4.79 Å². The van der Waals surface area contributed by atoms with Gasteiger partial charge in [0.1, 0.15) is 5.75 Å². The van der Waals surface area contributed by atoms with Crippen molar-refractivity contribution in [2.45, 2.75) is 25.4 Å². The third-order valence-electron chi connectivity index (χ3n) is 2.70. The maximum atomic E-state index is 11.8. The zero-order valence-corrected chi connectivity index (χ0v) is 9.48. The first-order chi connectivity index (χ1) is 8.31. The van der Waals surface area contributed by atoms with Gasteiger partial charge in [-0.05, 0) is 18.1 Å². The van der Waals surface area contributed by atoms with E-state index in [1.54, 1.807) is 0 Å². The fourth-order valence-corrected chi connectivity index (χ4v) is 1.82. The molecule has 1 unspecified atom stereocenters. The van der Waals surface area contributed by atoms with Crippen LogP contribution >= 0.6 is 0 Å². The quantitative estimate of drug-likeness (QED) is 0.795. The number of fused-ring (bicyclic) bond motifs is 1. The van der Waals surface area contributed by atoms with Crippen LogP contribution in [-0.2, 0) is 11.2 Å². The molecule has 88 valence electrons.